The Morgan fingerprint density at radius 3 is 2.21 bits per heavy atom. The highest BCUT2D eigenvalue weighted by Gasteiger charge is 2.32. The minimum absolute atomic E-state index is 0.0714. The predicted octanol–water partition coefficient (Wildman–Crippen LogP) is 2.99. The van der Waals surface area contributed by atoms with Gasteiger partial charge < -0.3 is 5.32 Å². The first-order valence-electron chi connectivity index (χ1n) is 10.1. The largest absolute Gasteiger partial charge is 0.322 e. The third-order valence-corrected chi connectivity index (χ3v) is 7.24. The summed E-state index contributed by atoms with van der Waals surface area (Å²) in [4.78, 5) is 37.9. The molecule has 0 spiro atoms. The van der Waals surface area contributed by atoms with Crippen LogP contribution < -0.4 is 5.32 Å². The van der Waals surface area contributed by atoms with Crippen LogP contribution in [0, 0.1) is 0 Å². The van der Waals surface area contributed by atoms with E-state index in [1.165, 1.54) is 54.8 Å². The van der Waals surface area contributed by atoms with Gasteiger partial charge in [0.1, 0.15) is 0 Å². The summed E-state index contributed by atoms with van der Waals surface area (Å²) in [7, 11) is -0.836. The van der Waals surface area contributed by atoms with Crippen LogP contribution in [-0.4, -0.2) is 49.4 Å². The topological polar surface area (TPSA) is 104 Å². The van der Waals surface area contributed by atoms with Crippen molar-refractivity contribution in [3.05, 3.63) is 95.1 Å². The zero-order valence-corrected chi connectivity index (χ0v) is 18.8. The fraction of sp³-hybridized carbons (Fsp3) is 0.125. The molecule has 4 rings (SSSR count). The Bertz CT molecular complexity index is 1350. The van der Waals surface area contributed by atoms with E-state index in [-0.39, 0.29) is 34.0 Å². The van der Waals surface area contributed by atoms with Crippen molar-refractivity contribution < 1.29 is 22.8 Å². The first-order chi connectivity index (χ1) is 15.7. The Kier molecular flexibility index (Phi) is 5.84. The zero-order valence-electron chi connectivity index (χ0n) is 18.0. The number of rotatable bonds is 6. The summed E-state index contributed by atoms with van der Waals surface area (Å²) in [6, 6.07) is 19.3. The smallest absolute Gasteiger partial charge is 0.261 e. The molecule has 0 radical (unpaired) electrons. The van der Waals surface area contributed by atoms with E-state index in [1.54, 1.807) is 6.07 Å². The number of fused-ring (bicyclic) bond motifs is 1. The van der Waals surface area contributed by atoms with Crippen LogP contribution in [-0.2, 0) is 16.6 Å². The molecule has 0 bridgehead atoms. The molecule has 1 aliphatic rings. The molecule has 33 heavy (non-hydrogen) atoms. The maximum Gasteiger partial charge on any atom is 0.261 e. The first-order valence-corrected chi connectivity index (χ1v) is 11.5. The molecule has 3 amide bonds. The van der Waals surface area contributed by atoms with Crippen LogP contribution in [0.4, 0.5) is 5.69 Å². The molecule has 3 aromatic rings. The van der Waals surface area contributed by atoms with Crippen LogP contribution in [0.2, 0.25) is 0 Å². The van der Waals surface area contributed by atoms with Crippen molar-refractivity contribution in [2.24, 2.45) is 0 Å². The lowest BCUT2D eigenvalue weighted by molar-refractivity contribution is 0.0692. The average Bonchev–Trinajstić information content (AvgIpc) is 3.03. The Morgan fingerprint density at radius 1 is 0.909 bits per heavy atom. The highest BCUT2D eigenvalue weighted by atomic mass is 32.2. The van der Waals surface area contributed by atoms with Gasteiger partial charge in [0.15, 0.2) is 0 Å². The number of amides is 3. The Labute approximate surface area is 191 Å². The molecule has 0 atom stereocenters. The quantitative estimate of drug-likeness (QED) is 0.566. The summed E-state index contributed by atoms with van der Waals surface area (Å²) < 4.78 is 27.0. The highest BCUT2D eigenvalue weighted by Crippen LogP contribution is 2.25. The van der Waals surface area contributed by atoms with Gasteiger partial charge in [-0.2, -0.15) is 4.31 Å². The normalized spacial score (nSPS) is 13.4. The number of carbonyl (C=O) groups is 3. The van der Waals surface area contributed by atoms with Gasteiger partial charge >= 0.3 is 0 Å². The molecule has 0 aromatic heterocycles. The van der Waals surface area contributed by atoms with E-state index >= 15 is 0 Å². The molecular formula is C24H21N3O5S. The molecule has 0 aliphatic carbocycles. The lowest BCUT2D eigenvalue weighted by atomic mass is 10.1. The SMILES string of the molecule is CN1C(=O)c2ccc(NC(=O)c3ccc(S(=O)(=O)N(C)Cc4ccccc4)cc3)cc2C1=O. The second-order valence-corrected chi connectivity index (χ2v) is 9.70. The molecule has 0 fully saturated rings. The average molecular weight is 464 g/mol. The lowest BCUT2D eigenvalue weighted by Crippen LogP contribution is -2.26. The van der Waals surface area contributed by atoms with Crippen LogP contribution in [0.1, 0.15) is 36.6 Å². The summed E-state index contributed by atoms with van der Waals surface area (Å²) >= 11 is 0. The number of hydrogen-bond acceptors (Lipinski definition) is 5. The summed E-state index contributed by atoms with van der Waals surface area (Å²) in [5.74, 6) is -1.29. The Hall–Kier alpha value is -3.82. The van der Waals surface area contributed by atoms with Crippen molar-refractivity contribution in [3.63, 3.8) is 0 Å². The van der Waals surface area contributed by atoms with Gasteiger partial charge in [0.25, 0.3) is 17.7 Å². The second kappa shape index (κ2) is 8.61. The number of benzene rings is 3. The number of carbonyl (C=O) groups excluding carboxylic acids is 3. The van der Waals surface area contributed by atoms with Gasteiger partial charge in [-0.3, -0.25) is 19.3 Å². The van der Waals surface area contributed by atoms with Gasteiger partial charge in [-0.25, -0.2) is 8.42 Å². The van der Waals surface area contributed by atoms with E-state index < -0.39 is 21.8 Å². The zero-order chi connectivity index (χ0) is 23.8. The molecule has 9 heteroatoms. The van der Waals surface area contributed by atoms with Crippen molar-refractivity contribution in [3.8, 4) is 0 Å². The van der Waals surface area contributed by atoms with Gasteiger partial charge in [0.05, 0.1) is 16.0 Å². The summed E-state index contributed by atoms with van der Waals surface area (Å²) in [5.41, 5.74) is 1.98. The van der Waals surface area contributed by atoms with E-state index in [2.05, 4.69) is 5.32 Å². The summed E-state index contributed by atoms with van der Waals surface area (Å²) in [5, 5.41) is 2.67. The highest BCUT2D eigenvalue weighted by molar-refractivity contribution is 7.89. The third-order valence-electron chi connectivity index (χ3n) is 5.42. The van der Waals surface area contributed by atoms with E-state index in [1.807, 2.05) is 30.3 Å². The standard InChI is InChI=1S/C24H21N3O5S/c1-26(15-16-6-4-3-5-7-16)33(31,32)19-11-8-17(9-12-19)22(28)25-18-10-13-20-21(14-18)24(30)27(2)23(20)29/h3-14H,15H2,1-2H3,(H,25,28). The minimum atomic E-state index is -3.73. The summed E-state index contributed by atoms with van der Waals surface area (Å²) in [6.45, 7) is 0.222. The third kappa shape index (κ3) is 4.28. The van der Waals surface area contributed by atoms with Gasteiger partial charge in [-0.1, -0.05) is 30.3 Å². The molecule has 3 aromatic carbocycles. The fourth-order valence-electron chi connectivity index (χ4n) is 3.53. The monoisotopic (exact) mass is 463 g/mol. The van der Waals surface area contributed by atoms with E-state index in [4.69, 9.17) is 0 Å². The molecule has 0 unspecified atom stereocenters. The Morgan fingerprint density at radius 2 is 1.55 bits per heavy atom. The van der Waals surface area contributed by atoms with E-state index in [9.17, 15) is 22.8 Å². The fourth-order valence-corrected chi connectivity index (χ4v) is 4.68. The number of nitrogens with zero attached hydrogens (tertiary/aromatic N) is 2. The van der Waals surface area contributed by atoms with Gasteiger partial charge in [0, 0.05) is 31.9 Å². The first kappa shape index (κ1) is 22.4. The van der Waals surface area contributed by atoms with Crippen molar-refractivity contribution in [2.75, 3.05) is 19.4 Å². The summed E-state index contributed by atoms with van der Waals surface area (Å²) in [6.07, 6.45) is 0. The molecule has 0 saturated carbocycles. The number of hydrogen-bond donors (Lipinski definition) is 1. The van der Waals surface area contributed by atoms with E-state index in [0.717, 1.165) is 10.5 Å². The number of nitrogens with one attached hydrogen (secondary N) is 1. The van der Waals surface area contributed by atoms with Crippen LogP contribution >= 0.6 is 0 Å². The van der Waals surface area contributed by atoms with Gasteiger partial charge in [-0.05, 0) is 48.0 Å². The molecule has 8 nitrogen and oxygen atoms in total. The molecule has 1 heterocycles. The van der Waals surface area contributed by atoms with Crippen molar-refractivity contribution in [1.82, 2.24) is 9.21 Å². The predicted molar refractivity (Wildman–Crippen MR) is 122 cm³/mol. The number of sulfonamides is 1. The van der Waals surface area contributed by atoms with Gasteiger partial charge in [-0.15, -0.1) is 0 Å². The van der Waals surface area contributed by atoms with Crippen LogP contribution in [0.3, 0.4) is 0 Å². The maximum absolute atomic E-state index is 12.9. The van der Waals surface area contributed by atoms with Crippen LogP contribution in [0.5, 0.6) is 0 Å². The lowest BCUT2D eigenvalue weighted by Gasteiger charge is -2.17. The number of anilines is 1. The maximum atomic E-state index is 12.9. The van der Waals surface area contributed by atoms with Crippen LogP contribution in [0.15, 0.2) is 77.7 Å². The van der Waals surface area contributed by atoms with Crippen molar-refractivity contribution in [2.45, 2.75) is 11.4 Å². The Balaban J connectivity index is 1.48. The van der Waals surface area contributed by atoms with Gasteiger partial charge in [0.2, 0.25) is 10.0 Å². The van der Waals surface area contributed by atoms with E-state index in [0.29, 0.717) is 5.69 Å². The van der Waals surface area contributed by atoms with Crippen molar-refractivity contribution in [1.29, 1.82) is 0 Å². The molecule has 1 aliphatic heterocycles. The molecule has 0 saturated heterocycles. The second-order valence-electron chi connectivity index (χ2n) is 7.65. The minimum Gasteiger partial charge on any atom is -0.322 e. The molecule has 1 N–H and O–H groups in total. The number of imide groups is 1. The molecular weight excluding hydrogens is 442 g/mol. The van der Waals surface area contributed by atoms with Crippen LogP contribution in [0.25, 0.3) is 0 Å². The molecule has 168 valence electrons. The van der Waals surface area contributed by atoms with Crippen molar-refractivity contribution >= 4 is 33.4 Å².